The van der Waals surface area contributed by atoms with Crippen LogP contribution in [0.5, 0.6) is 0 Å². The highest BCUT2D eigenvalue weighted by Crippen LogP contribution is 2.29. The Morgan fingerprint density at radius 1 is 0.242 bits per heavy atom. The highest BCUT2D eigenvalue weighted by Gasteiger charge is 2.25. The van der Waals surface area contributed by atoms with Crippen LogP contribution in [0.15, 0.2) is 0 Å². The van der Waals surface area contributed by atoms with Crippen molar-refractivity contribution in [2.24, 2.45) is 5.84 Å². The normalized spacial score (nSPS) is 12.8. The summed E-state index contributed by atoms with van der Waals surface area (Å²) in [6.07, 6.45) is 76.5. The van der Waals surface area contributed by atoms with E-state index in [1.54, 1.807) is 0 Å². The standard InChI is InChI=1S/C59H122N2O/c1-3-5-7-9-11-13-15-17-19-21-23-25-27-29-32-36-40-44-48-52-56-59(62,57-53-49-45-41-37-33-30-34-38-42-46-50-54-58-61-60)55-51-47-43-39-35-31-28-26-24-22-20-18-16-14-12-10-8-6-4-2/h61-62H,3-58,60H2,1-2H3. The zero-order valence-corrected chi connectivity index (χ0v) is 43.6. The van der Waals surface area contributed by atoms with Gasteiger partial charge in [0, 0.05) is 6.54 Å². The lowest BCUT2D eigenvalue weighted by Crippen LogP contribution is -2.28. The molecule has 3 heteroatoms. The van der Waals surface area contributed by atoms with Gasteiger partial charge in [-0.05, 0) is 25.7 Å². The van der Waals surface area contributed by atoms with E-state index in [9.17, 15) is 5.11 Å². The minimum atomic E-state index is -0.399. The number of hydrogen-bond donors (Lipinski definition) is 3. The molecule has 0 aliphatic rings. The van der Waals surface area contributed by atoms with Crippen molar-refractivity contribution in [1.82, 2.24) is 5.43 Å². The fourth-order valence-electron chi connectivity index (χ4n) is 10.2. The number of aliphatic hydroxyl groups is 1. The van der Waals surface area contributed by atoms with Gasteiger partial charge in [0.1, 0.15) is 0 Å². The molecule has 0 aliphatic heterocycles. The molecule has 4 N–H and O–H groups in total. The fourth-order valence-corrected chi connectivity index (χ4v) is 10.2. The SMILES string of the molecule is CCCCCCCCCCCCCCCCCCCCCCC(O)(CCCCCCCCCCCCCCCCCCCCC)CCCCCCCCCCCCCCCNN. The van der Waals surface area contributed by atoms with Gasteiger partial charge in [-0.25, -0.2) is 0 Å². The summed E-state index contributed by atoms with van der Waals surface area (Å²) in [5, 5.41) is 11.9. The van der Waals surface area contributed by atoms with Crippen molar-refractivity contribution >= 4 is 0 Å². The number of nitrogens with one attached hydrogen (secondary N) is 1. The van der Waals surface area contributed by atoms with Gasteiger partial charge in [-0.1, -0.05) is 341 Å². The van der Waals surface area contributed by atoms with Crippen LogP contribution in [0.3, 0.4) is 0 Å². The van der Waals surface area contributed by atoms with Gasteiger partial charge >= 0.3 is 0 Å². The third kappa shape index (κ3) is 52.5. The predicted molar refractivity (Wildman–Crippen MR) is 282 cm³/mol. The molecule has 0 heterocycles. The quantitative estimate of drug-likeness (QED) is 0.0324. The summed E-state index contributed by atoms with van der Waals surface area (Å²) in [6, 6.07) is 0. The summed E-state index contributed by atoms with van der Waals surface area (Å²) in [7, 11) is 0. The van der Waals surface area contributed by atoms with Crippen LogP contribution in [0.1, 0.15) is 367 Å². The highest BCUT2D eigenvalue weighted by atomic mass is 16.3. The van der Waals surface area contributed by atoms with Crippen LogP contribution in [-0.2, 0) is 0 Å². The summed E-state index contributed by atoms with van der Waals surface area (Å²) in [6.45, 7) is 5.58. The second kappa shape index (κ2) is 55.2. The maximum absolute atomic E-state index is 11.9. The molecule has 0 bridgehead atoms. The number of unbranched alkanes of at least 4 members (excludes halogenated alkanes) is 49. The van der Waals surface area contributed by atoms with Gasteiger partial charge in [0.15, 0.2) is 0 Å². The third-order valence-corrected chi connectivity index (χ3v) is 14.7. The van der Waals surface area contributed by atoms with Crippen molar-refractivity contribution in [2.45, 2.75) is 373 Å². The number of rotatable bonds is 57. The molecule has 0 radical (unpaired) electrons. The molecule has 0 spiro atoms. The highest BCUT2D eigenvalue weighted by molar-refractivity contribution is 4.79. The Labute approximate surface area is 394 Å². The molecule has 0 saturated heterocycles. The molecule has 0 amide bonds. The Morgan fingerprint density at radius 3 is 0.548 bits per heavy atom. The van der Waals surface area contributed by atoms with Crippen molar-refractivity contribution < 1.29 is 5.11 Å². The Balaban J connectivity index is 4.06. The largest absolute Gasteiger partial charge is 0.390 e. The van der Waals surface area contributed by atoms with Crippen LogP contribution in [-0.4, -0.2) is 17.3 Å². The van der Waals surface area contributed by atoms with Crippen molar-refractivity contribution in [3.8, 4) is 0 Å². The molecule has 0 aromatic rings. The van der Waals surface area contributed by atoms with Gasteiger partial charge in [0.05, 0.1) is 5.60 Å². The Morgan fingerprint density at radius 2 is 0.387 bits per heavy atom. The second-order valence-electron chi connectivity index (χ2n) is 21.1. The van der Waals surface area contributed by atoms with Crippen LogP contribution in [0.2, 0.25) is 0 Å². The first-order chi connectivity index (χ1) is 30.7. The van der Waals surface area contributed by atoms with Gasteiger partial charge < -0.3 is 5.11 Å². The topological polar surface area (TPSA) is 58.3 Å². The Kier molecular flexibility index (Phi) is 55.1. The summed E-state index contributed by atoms with van der Waals surface area (Å²) >= 11 is 0. The molecule has 0 saturated carbocycles. The zero-order valence-electron chi connectivity index (χ0n) is 43.6. The fraction of sp³-hybridized carbons (Fsp3) is 1.00. The lowest BCUT2D eigenvalue weighted by Gasteiger charge is -2.29. The molecular weight excluding hydrogens is 753 g/mol. The van der Waals surface area contributed by atoms with Crippen LogP contribution < -0.4 is 11.3 Å². The average molecular weight is 876 g/mol. The minimum Gasteiger partial charge on any atom is -0.390 e. The van der Waals surface area contributed by atoms with E-state index < -0.39 is 5.60 Å². The molecule has 0 aromatic carbocycles. The third-order valence-electron chi connectivity index (χ3n) is 14.7. The summed E-state index contributed by atoms with van der Waals surface area (Å²) in [4.78, 5) is 0. The average Bonchev–Trinajstić information content (AvgIpc) is 3.28. The van der Waals surface area contributed by atoms with Gasteiger partial charge in [-0.2, -0.15) is 0 Å². The van der Waals surface area contributed by atoms with Gasteiger partial charge in [0.2, 0.25) is 0 Å². The van der Waals surface area contributed by atoms with Crippen molar-refractivity contribution in [3.05, 3.63) is 0 Å². The molecule has 0 rings (SSSR count). The van der Waals surface area contributed by atoms with E-state index in [4.69, 9.17) is 5.84 Å². The summed E-state index contributed by atoms with van der Waals surface area (Å²) in [5.41, 5.74) is 2.37. The molecule has 1 atom stereocenters. The van der Waals surface area contributed by atoms with Gasteiger partial charge in [-0.3, -0.25) is 11.3 Å². The maximum Gasteiger partial charge on any atom is 0.0647 e. The lowest BCUT2D eigenvalue weighted by atomic mass is 9.85. The molecule has 374 valence electrons. The van der Waals surface area contributed by atoms with E-state index in [-0.39, 0.29) is 0 Å². The molecule has 3 nitrogen and oxygen atoms in total. The second-order valence-corrected chi connectivity index (χ2v) is 21.1. The van der Waals surface area contributed by atoms with E-state index in [0.717, 1.165) is 25.8 Å². The minimum absolute atomic E-state index is 0.399. The van der Waals surface area contributed by atoms with E-state index in [1.807, 2.05) is 0 Å². The van der Waals surface area contributed by atoms with Gasteiger partial charge in [-0.15, -0.1) is 0 Å². The molecule has 62 heavy (non-hydrogen) atoms. The number of hydrogen-bond acceptors (Lipinski definition) is 3. The summed E-state index contributed by atoms with van der Waals surface area (Å²) in [5.74, 6) is 5.37. The van der Waals surface area contributed by atoms with Crippen molar-refractivity contribution in [1.29, 1.82) is 0 Å². The molecule has 0 aliphatic carbocycles. The molecule has 0 aromatic heterocycles. The number of nitrogens with two attached hydrogens (primary N) is 1. The van der Waals surface area contributed by atoms with Crippen LogP contribution in [0.4, 0.5) is 0 Å². The van der Waals surface area contributed by atoms with E-state index in [2.05, 4.69) is 19.3 Å². The Hall–Kier alpha value is -0.120. The van der Waals surface area contributed by atoms with Crippen LogP contribution >= 0.6 is 0 Å². The van der Waals surface area contributed by atoms with Crippen molar-refractivity contribution in [3.63, 3.8) is 0 Å². The summed E-state index contributed by atoms with van der Waals surface area (Å²) < 4.78 is 0. The van der Waals surface area contributed by atoms with Crippen LogP contribution in [0, 0.1) is 0 Å². The van der Waals surface area contributed by atoms with Gasteiger partial charge in [0.25, 0.3) is 0 Å². The molecule has 1 unspecified atom stereocenters. The zero-order chi connectivity index (χ0) is 44.8. The Bertz CT molecular complexity index is 773. The first kappa shape index (κ1) is 61.9. The smallest absolute Gasteiger partial charge is 0.0647 e. The first-order valence-corrected chi connectivity index (χ1v) is 29.8. The van der Waals surface area contributed by atoms with E-state index >= 15 is 0 Å². The van der Waals surface area contributed by atoms with Crippen molar-refractivity contribution in [2.75, 3.05) is 6.54 Å². The van der Waals surface area contributed by atoms with E-state index in [1.165, 1.54) is 334 Å². The first-order valence-electron chi connectivity index (χ1n) is 29.8. The molecule has 0 fully saturated rings. The van der Waals surface area contributed by atoms with Crippen LogP contribution in [0.25, 0.3) is 0 Å². The lowest BCUT2D eigenvalue weighted by molar-refractivity contribution is 0.00704. The number of hydrazine groups is 1. The van der Waals surface area contributed by atoms with E-state index in [0.29, 0.717) is 0 Å². The predicted octanol–water partition coefficient (Wildman–Crippen LogP) is 20.7. The molecular formula is C59H122N2O. The monoisotopic (exact) mass is 875 g/mol. The maximum atomic E-state index is 11.9.